The summed E-state index contributed by atoms with van der Waals surface area (Å²) in [7, 11) is 0. The Hall–Kier alpha value is -2.56. The average Bonchev–Trinajstić information content (AvgIpc) is 2.90. The van der Waals surface area contributed by atoms with E-state index >= 15 is 0 Å². The molecule has 0 radical (unpaired) electrons. The Kier molecular flexibility index (Phi) is 2.45. The number of hydrogen-bond acceptors (Lipinski definition) is 2. The zero-order valence-electron chi connectivity index (χ0n) is 14.9. The molecular formula is C20H21N3O2. The molecule has 0 amide bonds. The zero-order valence-corrected chi connectivity index (χ0v) is 14.9. The van der Waals surface area contributed by atoms with E-state index in [0.717, 1.165) is 0 Å². The molecule has 1 aromatic heterocycles. The SMILES string of the molecule is CC1=C(C)[C@]2(C)[C@H]3C=C[C@@H](n4c(=O)n(-c5ccccc5)c(=O)n43)[C@]12C. The van der Waals surface area contributed by atoms with Gasteiger partial charge in [-0.05, 0) is 26.0 Å². The zero-order chi connectivity index (χ0) is 17.7. The third-order valence-corrected chi connectivity index (χ3v) is 7.41. The summed E-state index contributed by atoms with van der Waals surface area (Å²) in [6.45, 7) is 8.79. The fourth-order valence-corrected chi connectivity index (χ4v) is 5.58. The molecule has 0 saturated heterocycles. The van der Waals surface area contributed by atoms with Crippen molar-refractivity contribution in [2.24, 2.45) is 10.8 Å². The van der Waals surface area contributed by atoms with Crippen LogP contribution in [0.5, 0.6) is 0 Å². The van der Waals surface area contributed by atoms with Crippen LogP contribution < -0.4 is 11.4 Å². The number of para-hydroxylation sites is 1. The van der Waals surface area contributed by atoms with Crippen LogP contribution in [0.3, 0.4) is 0 Å². The topological polar surface area (TPSA) is 48.9 Å². The largest absolute Gasteiger partial charge is 0.352 e. The van der Waals surface area contributed by atoms with Gasteiger partial charge in [0.15, 0.2) is 0 Å². The molecule has 1 aromatic carbocycles. The third kappa shape index (κ3) is 1.28. The van der Waals surface area contributed by atoms with Gasteiger partial charge in [0.2, 0.25) is 0 Å². The second-order valence-electron chi connectivity index (χ2n) is 7.85. The molecule has 5 nitrogen and oxygen atoms in total. The lowest BCUT2D eigenvalue weighted by Crippen LogP contribution is -2.65. The molecule has 0 unspecified atom stereocenters. The van der Waals surface area contributed by atoms with Crippen molar-refractivity contribution in [2.45, 2.75) is 39.8 Å². The number of benzene rings is 1. The predicted molar refractivity (Wildman–Crippen MR) is 96.1 cm³/mol. The van der Waals surface area contributed by atoms with Crippen molar-refractivity contribution in [1.82, 2.24) is 13.9 Å². The molecule has 128 valence electrons. The van der Waals surface area contributed by atoms with Crippen LogP contribution in [-0.2, 0) is 0 Å². The Morgan fingerprint density at radius 2 is 1.24 bits per heavy atom. The highest BCUT2D eigenvalue weighted by Crippen LogP contribution is 2.72. The molecular weight excluding hydrogens is 314 g/mol. The van der Waals surface area contributed by atoms with Crippen LogP contribution in [-0.4, -0.2) is 13.9 Å². The van der Waals surface area contributed by atoms with Gasteiger partial charge in [0.1, 0.15) is 0 Å². The first kappa shape index (κ1) is 14.8. The second-order valence-corrected chi connectivity index (χ2v) is 7.85. The molecule has 2 aromatic rings. The Bertz CT molecular complexity index is 1030. The third-order valence-electron chi connectivity index (χ3n) is 7.41. The second kappa shape index (κ2) is 4.15. The first-order valence-electron chi connectivity index (χ1n) is 8.73. The fourth-order valence-electron chi connectivity index (χ4n) is 5.58. The van der Waals surface area contributed by atoms with Crippen LogP contribution in [0.2, 0.25) is 0 Å². The number of rotatable bonds is 1. The number of hydrogen-bond donors (Lipinski definition) is 0. The van der Waals surface area contributed by atoms with Gasteiger partial charge in [0.25, 0.3) is 0 Å². The molecule has 0 N–H and O–H groups in total. The standard InChI is InChI=1S/C20H21N3O2/c1-12-13(2)20(4)16-11-10-15(19(12,20)3)22-17(24)21(18(25)23(16)22)14-8-6-5-7-9-14/h5-11,15-16H,1-4H3/t15-,16-,19-,20+/m1/s1. The molecule has 6 rings (SSSR count). The van der Waals surface area contributed by atoms with Crippen molar-refractivity contribution in [3.8, 4) is 5.69 Å². The van der Waals surface area contributed by atoms with Crippen molar-refractivity contribution in [3.63, 3.8) is 0 Å². The van der Waals surface area contributed by atoms with Gasteiger partial charge in [-0.1, -0.05) is 55.3 Å². The molecule has 4 aliphatic rings. The maximum atomic E-state index is 13.2. The molecule has 0 saturated carbocycles. The van der Waals surface area contributed by atoms with Crippen LogP contribution in [0, 0.1) is 10.8 Å². The van der Waals surface area contributed by atoms with E-state index in [1.165, 1.54) is 15.7 Å². The molecule has 0 fully saturated rings. The van der Waals surface area contributed by atoms with Crippen LogP contribution in [0.25, 0.3) is 5.69 Å². The minimum absolute atomic E-state index is 0.128. The molecule has 0 spiro atoms. The Morgan fingerprint density at radius 3 is 1.68 bits per heavy atom. The Balaban J connectivity index is 1.85. The van der Waals surface area contributed by atoms with Crippen LogP contribution >= 0.6 is 0 Å². The van der Waals surface area contributed by atoms with E-state index in [9.17, 15) is 9.59 Å². The molecule has 2 aliphatic heterocycles. The summed E-state index contributed by atoms with van der Waals surface area (Å²) in [6, 6.07) is 8.92. The lowest BCUT2D eigenvalue weighted by Gasteiger charge is -2.67. The highest BCUT2D eigenvalue weighted by molar-refractivity contribution is 5.49. The van der Waals surface area contributed by atoms with Gasteiger partial charge in [-0.2, -0.15) is 0 Å². The van der Waals surface area contributed by atoms with Gasteiger partial charge in [-0.25, -0.2) is 23.5 Å². The van der Waals surface area contributed by atoms with Gasteiger partial charge in [-0.3, -0.25) is 0 Å². The van der Waals surface area contributed by atoms with Crippen LogP contribution in [0.1, 0.15) is 39.8 Å². The Morgan fingerprint density at radius 1 is 0.800 bits per heavy atom. The van der Waals surface area contributed by atoms with Crippen molar-refractivity contribution < 1.29 is 0 Å². The van der Waals surface area contributed by atoms with Gasteiger partial charge >= 0.3 is 11.4 Å². The summed E-state index contributed by atoms with van der Waals surface area (Å²) in [6.07, 6.45) is 4.22. The van der Waals surface area contributed by atoms with Crippen molar-refractivity contribution in [1.29, 1.82) is 0 Å². The average molecular weight is 335 g/mol. The van der Waals surface area contributed by atoms with Gasteiger partial charge in [0, 0.05) is 10.8 Å². The first-order chi connectivity index (χ1) is 11.8. The summed E-state index contributed by atoms with van der Waals surface area (Å²) >= 11 is 0. The first-order valence-corrected chi connectivity index (χ1v) is 8.73. The van der Waals surface area contributed by atoms with E-state index in [1.54, 1.807) is 21.5 Å². The minimum Gasteiger partial charge on any atom is -0.245 e. The molecule has 25 heavy (non-hydrogen) atoms. The normalized spacial score (nSPS) is 34.7. The molecule has 3 heterocycles. The summed E-state index contributed by atoms with van der Waals surface area (Å²) < 4.78 is 4.66. The Labute approximate surface area is 145 Å². The lowest BCUT2D eigenvalue weighted by atomic mass is 9.41. The highest BCUT2D eigenvalue weighted by Gasteiger charge is 2.68. The predicted octanol–water partition coefficient (Wildman–Crippen LogP) is 2.83. The van der Waals surface area contributed by atoms with Gasteiger partial charge < -0.3 is 0 Å². The number of nitrogens with zero attached hydrogens (tertiary/aromatic N) is 3. The van der Waals surface area contributed by atoms with Gasteiger partial charge in [0.05, 0.1) is 17.8 Å². The van der Waals surface area contributed by atoms with Gasteiger partial charge in [-0.15, -0.1) is 0 Å². The summed E-state index contributed by atoms with van der Waals surface area (Å²) in [5, 5.41) is 0. The monoisotopic (exact) mass is 335 g/mol. The number of aromatic nitrogens is 3. The fraction of sp³-hybridized carbons (Fsp3) is 0.400. The smallest absolute Gasteiger partial charge is 0.245 e. The minimum atomic E-state index is -0.254. The van der Waals surface area contributed by atoms with E-state index in [0.29, 0.717) is 5.69 Å². The van der Waals surface area contributed by atoms with Crippen molar-refractivity contribution in [3.05, 3.63) is 74.6 Å². The molecule has 4 atom stereocenters. The quantitative estimate of drug-likeness (QED) is 0.753. The molecule has 2 aliphatic carbocycles. The van der Waals surface area contributed by atoms with E-state index in [2.05, 4.69) is 39.8 Å². The number of allylic oxidation sites excluding steroid dienone is 4. The van der Waals surface area contributed by atoms with Crippen LogP contribution in [0.4, 0.5) is 0 Å². The summed E-state index contributed by atoms with van der Waals surface area (Å²) in [5.41, 5.74) is 2.54. The van der Waals surface area contributed by atoms with E-state index in [1.807, 2.05) is 18.2 Å². The lowest BCUT2D eigenvalue weighted by molar-refractivity contribution is -0.0483. The maximum absolute atomic E-state index is 13.2. The summed E-state index contributed by atoms with van der Waals surface area (Å²) in [4.78, 5) is 26.4. The molecule has 5 heteroatoms. The maximum Gasteiger partial charge on any atom is 0.352 e. The van der Waals surface area contributed by atoms with Crippen molar-refractivity contribution in [2.75, 3.05) is 0 Å². The van der Waals surface area contributed by atoms with E-state index in [-0.39, 0.29) is 34.3 Å². The summed E-state index contributed by atoms with van der Waals surface area (Å²) in [5.74, 6) is 0. The van der Waals surface area contributed by atoms with Crippen molar-refractivity contribution >= 4 is 0 Å². The van der Waals surface area contributed by atoms with Crippen LogP contribution in [0.15, 0.2) is 63.2 Å². The van der Waals surface area contributed by atoms with E-state index < -0.39 is 0 Å². The molecule has 2 bridgehead atoms. The van der Waals surface area contributed by atoms with E-state index in [4.69, 9.17) is 0 Å². The highest BCUT2D eigenvalue weighted by atomic mass is 16.2.